The Balaban J connectivity index is 2.17. The summed E-state index contributed by atoms with van der Waals surface area (Å²) in [7, 11) is 0. The fourth-order valence-corrected chi connectivity index (χ4v) is 1.36. The van der Waals surface area contributed by atoms with Gasteiger partial charge in [0.2, 0.25) is 0 Å². The summed E-state index contributed by atoms with van der Waals surface area (Å²) in [5, 5.41) is 4.22. The Morgan fingerprint density at radius 3 is 2.85 bits per heavy atom. The van der Waals surface area contributed by atoms with Gasteiger partial charge in [0.05, 0.1) is 0 Å². The summed E-state index contributed by atoms with van der Waals surface area (Å²) in [4.78, 5) is 0. The number of aryl methyl sites for hydroxylation is 2. The molecule has 0 spiro atoms. The average molecular weight is 181 g/mol. The van der Waals surface area contributed by atoms with Gasteiger partial charge in [0, 0.05) is 24.5 Å². The smallest absolute Gasteiger partial charge is 0.0492 e. The van der Waals surface area contributed by atoms with E-state index < -0.39 is 0 Å². The van der Waals surface area contributed by atoms with Crippen molar-refractivity contribution in [3.05, 3.63) is 18.0 Å². The van der Waals surface area contributed by atoms with E-state index in [1.807, 2.05) is 16.9 Å². The van der Waals surface area contributed by atoms with Crippen LogP contribution in [0.25, 0.3) is 0 Å². The molecular formula is C10H19N3. The van der Waals surface area contributed by atoms with Gasteiger partial charge in [0.15, 0.2) is 0 Å². The third-order valence-electron chi connectivity index (χ3n) is 2.21. The lowest BCUT2D eigenvalue weighted by molar-refractivity contribution is 0.514. The second-order valence-electron chi connectivity index (χ2n) is 3.67. The lowest BCUT2D eigenvalue weighted by atomic mass is 10.1. The molecule has 0 amide bonds. The fourth-order valence-electron chi connectivity index (χ4n) is 1.36. The summed E-state index contributed by atoms with van der Waals surface area (Å²) in [5.41, 5.74) is 6.90. The second-order valence-corrected chi connectivity index (χ2v) is 3.67. The van der Waals surface area contributed by atoms with Crippen molar-refractivity contribution in [1.82, 2.24) is 9.78 Å². The zero-order valence-electron chi connectivity index (χ0n) is 8.53. The van der Waals surface area contributed by atoms with E-state index in [-0.39, 0.29) is 0 Å². The molecule has 3 nitrogen and oxygen atoms in total. The van der Waals surface area contributed by atoms with Crippen LogP contribution in [0.1, 0.15) is 31.9 Å². The molecule has 74 valence electrons. The van der Waals surface area contributed by atoms with E-state index in [1.54, 1.807) is 0 Å². The second kappa shape index (κ2) is 5.02. The molecule has 1 aromatic heterocycles. The van der Waals surface area contributed by atoms with Gasteiger partial charge in [-0.15, -0.1) is 0 Å². The molecule has 0 bridgehead atoms. The molecule has 13 heavy (non-hydrogen) atoms. The quantitative estimate of drug-likeness (QED) is 0.703. The van der Waals surface area contributed by atoms with Crippen molar-refractivity contribution in [3.8, 4) is 0 Å². The van der Waals surface area contributed by atoms with Gasteiger partial charge >= 0.3 is 0 Å². The van der Waals surface area contributed by atoms with Crippen molar-refractivity contribution < 1.29 is 0 Å². The van der Waals surface area contributed by atoms with Crippen molar-refractivity contribution in [2.75, 3.05) is 0 Å². The van der Waals surface area contributed by atoms with Gasteiger partial charge in [-0.3, -0.25) is 4.68 Å². The Morgan fingerprint density at radius 1 is 1.54 bits per heavy atom. The predicted octanol–water partition coefficient (Wildman–Crippen LogP) is 1.71. The van der Waals surface area contributed by atoms with Crippen LogP contribution in [0.3, 0.4) is 0 Å². The fraction of sp³-hybridized carbons (Fsp3) is 0.700. The van der Waals surface area contributed by atoms with E-state index in [0.29, 0.717) is 6.04 Å². The van der Waals surface area contributed by atoms with Gasteiger partial charge in [-0.05, 0) is 32.8 Å². The van der Waals surface area contributed by atoms with E-state index >= 15 is 0 Å². The minimum atomic E-state index is 0.332. The van der Waals surface area contributed by atoms with E-state index in [2.05, 4.69) is 18.9 Å². The summed E-state index contributed by atoms with van der Waals surface area (Å²) >= 11 is 0. The summed E-state index contributed by atoms with van der Waals surface area (Å²) in [6.07, 6.45) is 5.32. The third kappa shape index (κ3) is 3.59. The molecule has 2 N–H and O–H groups in total. The largest absolute Gasteiger partial charge is 0.328 e. The summed E-state index contributed by atoms with van der Waals surface area (Å²) in [6, 6.07) is 2.37. The van der Waals surface area contributed by atoms with Crippen molar-refractivity contribution >= 4 is 0 Å². The summed E-state index contributed by atoms with van der Waals surface area (Å²) in [6.45, 7) is 5.16. The highest BCUT2D eigenvalue weighted by atomic mass is 15.3. The number of unbranched alkanes of at least 4 members (excludes halogenated alkanes) is 1. The molecule has 0 saturated carbocycles. The van der Waals surface area contributed by atoms with E-state index in [1.165, 1.54) is 18.5 Å². The van der Waals surface area contributed by atoms with Gasteiger partial charge in [0.1, 0.15) is 0 Å². The molecule has 0 aliphatic heterocycles. The summed E-state index contributed by atoms with van der Waals surface area (Å²) < 4.78 is 2.04. The maximum Gasteiger partial charge on any atom is 0.0492 e. The molecule has 1 atom stereocenters. The Labute approximate surface area is 79.9 Å². The number of rotatable bonds is 5. The van der Waals surface area contributed by atoms with Crippen LogP contribution in [0.15, 0.2) is 12.3 Å². The first kappa shape index (κ1) is 10.3. The van der Waals surface area contributed by atoms with Crippen LogP contribution >= 0.6 is 0 Å². The molecule has 1 aromatic rings. The number of hydrogen-bond acceptors (Lipinski definition) is 2. The third-order valence-corrected chi connectivity index (χ3v) is 2.21. The van der Waals surface area contributed by atoms with Crippen LogP contribution in [0.4, 0.5) is 0 Å². The van der Waals surface area contributed by atoms with E-state index in [9.17, 15) is 0 Å². The molecule has 0 aromatic carbocycles. The van der Waals surface area contributed by atoms with Gasteiger partial charge in [-0.25, -0.2) is 0 Å². The van der Waals surface area contributed by atoms with Gasteiger partial charge in [-0.2, -0.15) is 5.10 Å². The van der Waals surface area contributed by atoms with Crippen molar-refractivity contribution in [3.63, 3.8) is 0 Å². The maximum atomic E-state index is 5.66. The number of nitrogens with zero attached hydrogens (tertiary/aromatic N) is 2. The Hall–Kier alpha value is -0.830. The average Bonchev–Trinajstić information content (AvgIpc) is 2.45. The first-order chi connectivity index (χ1) is 6.20. The zero-order chi connectivity index (χ0) is 9.68. The predicted molar refractivity (Wildman–Crippen MR) is 54.5 cm³/mol. The SMILES string of the molecule is Cc1ccnn1CCCCC(C)N. The molecule has 1 heterocycles. The molecule has 0 radical (unpaired) electrons. The maximum absolute atomic E-state index is 5.66. The first-order valence-corrected chi connectivity index (χ1v) is 4.94. The monoisotopic (exact) mass is 181 g/mol. The minimum absolute atomic E-state index is 0.332. The minimum Gasteiger partial charge on any atom is -0.328 e. The van der Waals surface area contributed by atoms with Gasteiger partial charge in [0.25, 0.3) is 0 Å². The first-order valence-electron chi connectivity index (χ1n) is 4.94. The Kier molecular flexibility index (Phi) is 3.96. The Morgan fingerprint density at radius 2 is 2.31 bits per heavy atom. The highest BCUT2D eigenvalue weighted by molar-refractivity contribution is 4.96. The highest BCUT2D eigenvalue weighted by Gasteiger charge is 1.97. The number of aromatic nitrogens is 2. The molecule has 3 heteroatoms. The number of hydrogen-bond donors (Lipinski definition) is 1. The van der Waals surface area contributed by atoms with Crippen molar-refractivity contribution in [1.29, 1.82) is 0 Å². The standard InChI is InChI=1S/C10H19N3/c1-9(11)5-3-4-8-13-10(2)6-7-12-13/h6-7,9H,3-5,8,11H2,1-2H3. The van der Waals surface area contributed by atoms with Crippen molar-refractivity contribution in [2.24, 2.45) is 5.73 Å². The van der Waals surface area contributed by atoms with Crippen LogP contribution in [-0.2, 0) is 6.54 Å². The van der Waals surface area contributed by atoms with Gasteiger partial charge in [-0.1, -0.05) is 6.42 Å². The summed E-state index contributed by atoms with van der Waals surface area (Å²) in [5.74, 6) is 0. The van der Waals surface area contributed by atoms with Crippen LogP contribution in [0.5, 0.6) is 0 Å². The van der Waals surface area contributed by atoms with Gasteiger partial charge < -0.3 is 5.73 Å². The molecule has 0 aliphatic carbocycles. The lowest BCUT2D eigenvalue weighted by Gasteiger charge is -2.05. The molecule has 0 aliphatic rings. The van der Waals surface area contributed by atoms with E-state index in [4.69, 9.17) is 5.73 Å². The normalized spacial score (nSPS) is 13.2. The molecule has 0 saturated heterocycles. The van der Waals surface area contributed by atoms with Crippen LogP contribution < -0.4 is 5.73 Å². The molecule has 1 unspecified atom stereocenters. The van der Waals surface area contributed by atoms with Crippen molar-refractivity contribution in [2.45, 2.75) is 45.7 Å². The molecule has 0 fully saturated rings. The highest BCUT2D eigenvalue weighted by Crippen LogP contribution is 2.03. The van der Waals surface area contributed by atoms with Crippen LogP contribution in [0, 0.1) is 6.92 Å². The number of nitrogens with two attached hydrogens (primary N) is 1. The zero-order valence-corrected chi connectivity index (χ0v) is 8.53. The molecule has 1 rings (SSSR count). The Bertz CT molecular complexity index is 240. The van der Waals surface area contributed by atoms with E-state index in [0.717, 1.165) is 13.0 Å². The topological polar surface area (TPSA) is 43.8 Å². The van der Waals surface area contributed by atoms with Crippen LogP contribution in [-0.4, -0.2) is 15.8 Å². The van der Waals surface area contributed by atoms with Crippen LogP contribution in [0.2, 0.25) is 0 Å². The molecular weight excluding hydrogens is 162 g/mol. The lowest BCUT2D eigenvalue weighted by Crippen LogP contribution is -2.14.